The van der Waals surface area contributed by atoms with Gasteiger partial charge in [-0.15, -0.1) is 0 Å². The summed E-state index contributed by atoms with van der Waals surface area (Å²) in [7, 11) is 0. The summed E-state index contributed by atoms with van der Waals surface area (Å²) in [6.07, 6.45) is 5.21. The number of nitrogens with one attached hydrogen (secondary N) is 2. The van der Waals surface area contributed by atoms with Crippen LogP contribution in [0.1, 0.15) is 39.5 Å². The first-order valence-corrected chi connectivity index (χ1v) is 5.33. The fourth-order valence-corrected chi connectivity index (χ4v) is 1.10. The van der Waals surface area contributed by atoms with Crippen LogP contribution in [0.25, 0.3) is 0 Å². The van der Waals surface area contributed by atoms with Crippen LogP contribution in [-0.2, 0) is 0 Å². The van der Waals surface area contributed by atoms with Crippen molar-refractivity contribution >= 4 is 0 Å². The lowest BCUT2D eigenvalue weighted by atomic mass is 10.3. The van der Waals surface area contributed by atoms with E-state index in [-0.39, 0.29) is 0 Å². The van der Waals surface area contributed by atoms with E-state index in [1.54, 1.807) is 0 Å². The van der Waals surface area contributed by atoms with E-state index in [9.17, 15) is 0 Å². The highest BCUT2D eigenvalue weighted by molar-refractivity contribution is 4.50. The van der Waals surface area contributed by atoms with Crippen LogP contribution in [0.15, 0.2) is 0 Å². The Labute approximate surface area is 77.1 Å². The maximum Gasteiger partial charge on any atom is -0.00484 e. The monoisotopic (exact) mass is 172 g/mol. The highest BCUT2D eigenvalue weighted by Crippen LogP contribution is 1.86. The van der Waals surface area contributed by atoms with E-state index in [0.29, 0.717) is 0 Å². The molecule has 0 unspecified atom stereocenters. The van der Waals surface area contributed by atoms with Crippen molar-refractivity contribution < 1.29 is 0 Å². The number of unbranched alkanes of at least 4 members (excludes halogenated alkanes) is 2. The molecule has 0 aromatic rings. The van der Waals surface area contributed by atoms with Crippen LogP contribution in [0.5, 0.6) is 0 Å². The van der Waals surface area contributed by atoms with Crippen molar-refractivity contribution in [2.24, 2.45) is 0 Å². The van der Waals surface area contributed by atoms with Crippen molar-refractivity contribution in [1.82, 2.24) is 10.6 Å². The molecule has 2 nitrogen and oxygen atoms in total. The van der Waals surface area contributed by atoms with Gasteiger partial charge in [0.15, 0.2) is 0 Å². The topological polar surface area (TPSA) is 24.1 Å². The van der Waals surface area contributed by atoms with E-state index < -0.39 is 0 Å². The molecule has 0 heterocycles. The van der Waals surface area contributed by atoms with E-state index in [0.717, 1.165) is 6.54 Å². The van der Waals surface area contributed by atoms with E-state index in [1.165, 1.54) is 45.3 Å². The average Bonchev–Trinajstić information content (AvgIpc) is 2.10. The molecule has 0 rings (SSSR count). The lowest BCUT2D eigenvalue weighted by molar-refractivity contribution is 0.578. The van der Waals surface area contributed by atoms with Crippen LogP contribution in [-0.4, -0.2) is 26.2 Å². The normalized spacial score (nSPS) is 10.5. The van der Waals surface area contributed by atoms with Crippen molar-refractivity contribution in [2.45, 2.75) is 39.5 Å². The summed E-state index contributed by atoms with van der Waals surface area (Å²) in [5.41, 5.74) is 0. The summed E-state index contributed by atoms with van der Waals surface area (Å²) >= 11 is 0. The first-order valence-electron chi connectivity index (χ1n) is 5.33. The Morgan fingerprint density at radius 2 is 1.33 bits per heavy atom. The number of hydrogen-bond donors (Lipinski definition) is 2. The van der Waals surface area contributed by atoms with Gasteiger partial charge in [-0.2, -0.15) is 0 Å². The van der Waals surface area contributed by atoms with E-state index in [1.807, 2.05) is 0 Å². The van der Waals surface area contributed by atoms with Crippen molar-refractivity contribution in [2.75, 3.05) is 26.2 Å². The van der Waals surface area contributed by atoms with Crippen LogP contribution in [0, 0.1) is 0 Å². The Morgan fingerprint density at radius 1 is 0.750 bits per heavy atom. The highest BCUT2D eigenvalue weighted by atomic mass is 14.9. The fourth-order valence-electron chi connectivity index (χ4n) is 1.10. The molecule has 0 radical (unpaired) electrons. The zero-order valence-electron chi connectivity index (χ0n) is 8.66. The van der Waals surface area contributed by atoms with Crippen molar-refractivity contribution in [1.29, 1.82) is 0 Å². The summed E-state index contributed by atoms with van der Waals surface area (Å²) < 4.78 is 0. The zero-order valence-corrected chi connectivity index (χ0v) is 8.66. The van der Waals surface area contributed by atoms with E-state index >= 15 is 0 Å². The summed E-state index contributed by atoms with van der Waals surface area (Å²) in [4.78, 5) is 0. The number of rotatable bonds is 9. The molecule has 0 aromatic heterocycles. The minimum atomic E-state index is 1.10. The van der Waals surface area contributed by atoms with Gasteiger partial charge in [0, 0.05) is 0 Å². The molecule has 0 saturated heterocycles. The Hall–Kier alpha value is -0.0800. The third-order valence-corrected chi connectivity index (χ3v) is 1.91. The molecule has 12 heavy (non-hydrogen) atoms. The van der Waals surface area contributed by atoms with Gasteiger partial charge in [-0.1, -0.05) is 20.3 Å². The van der Waals surface area contributed by atoms with Gasteiger partial charge in [-0.25, -0.2) is 0 Å². The Kier molecular flexibility index (Phi) is 10.8. The SMILES string of the molecule is CCCCNCCCCNCC. The molecular weight excluding hydrogens is 148 g/mol. The zero-order chi connectivity index (χ0) is 9.07. The summed E-state index contributed by atoms with van der Waals surface area (Å²) in [6, 6.07) is 0. The smallest absolute Gasteiger partial charge is 0.00484 e. The van der Waals surface area contributed by atoms with Gasteiger partial charge < -0.3 is 10.6 Å². The fraction of sp³-hybridized carbons (Fsp3) is 1.00. The van der Waals surface area contributed by atoms with Gasteiger partial charge in [0.05, 0.1) is 0 Å². The predicted octanol–water partition coefficient (Wildman–Crippen LogP) is 1.77. The van der Waals surface area contributed by atoms with E-state index in [2.05, 4.69) is 24.5 Å². The first kappa shape index (κ1) is 11.9. The lowest BCUT2D eigenvalue weighted by Gasteiger charge is -2.03. The van der Waals surface area contributed by atoms with Crippen molar-refractivity contribution in [3.05, 3.63) is 0 Å². The molecule has 74 valence electrons. The second-order valence-corrected chi connectivity index (χ2v) is 3.16. The van der Waals surface area contributed by atoms with Crippen molar-refractivity contribution in [3.8, 4) is 0 Å². The van der Waals surface area contributed by atoms with Gasteiger partial charge in [-0.05, 0) is 45.4 Å². The van der Waals surface area contributed by atoms with Gasteiger partial charge in [0.2, 0.25) is 0 Å². The van der Waals surface area contributed by atoms with Crippen LogP contribution in [0.2, 0.25) is 0 Å². The predicted molar refractivity (Wildman–Crippen MR) is 55.6 cm³/mol. The summed E-state index contributed by atoms with van der Waals surface area (Å²) in [6.45, 7) is 9.03. The molecule has 0 saturated carbocycles. The molecule has 0 fully saturated rings. The van der Waals surface area contributed by atoms with Crippen LogP contribution >= 0.6 is 0 Å². The molecule has 0 amide bonds. The second-order valence-electron chi connectivity index (χ2n) is 3.16. The third kappa shape index (κ3) is 9.92. The highest BCUT2D eigenvalue weighted by Gasteiger charge is 1.87. The van der Waals surface area contributed by atoms with Gasteiger partial charge >= 0.3 is 0 Å². The lowest BCUT2D eigenvalue weighted by Crippen LogP contribution is -2.19. The summed E-state index contributed by atoms with van der Waals surface area (Å²) in [5, 5.41) is 6.76. The molecule has 0 spiro atoms. The first-order chi connectivity index (χ1) is 5.91. The molecular formula is C10H24N2. The molecule has 0 aromatic carbocycles. The van der Waals surface area contributed by atoms with Crippen LogP contribution in [0.4, 0.5) is 0 Å². The third-order valence-electron chi connectivity index (χ3n) is 1.91. The molecule has 0 aliphatic carbocycles. The summed E-state index contributed by atoms with van der Waals surface area (Å²) in [5.74, 6) is 0. The van der Waals surface area contributed by atoms with Gasteiger partial charge in [0.1, 0.15) is 0 Å². The molecule has 0 aliphatic heterocycles. The van der Waals surface area contributed by atoms with Crippen LogP contribution in [0.3, 0.4) is 0 Å². The standard InChI is InChI=1S/C10H24N2/c1-3-5-8-12-10-7-6-9-11-4-2/h11-12H,3-10H2,1-2H3. The van der Waals surface area contributed by atoms with Gasteiger partial charge in [0.25, 0.3) is 0 Å². The van der Waals surface area contributed by atoms with E-state index in [4.69, 9.17) is 0 Å². The minimum Gasteiger partial charge on any atom is -0.317 e. The van der Waals surface area contributed by atoms with Crippen LogP contribution < -0.4 is 10.6 Å². The Balaban J connectivity index is 2.73. The molecule has 0 aliphatic rings. The largest absolute Gasteiger partial charge is 0.317 e. The molecule has 0 atom stereocenters. The number of hydrogen-bond acceptors (Lipinski definition) is 2. The second kappa shape index (κ2) is 10.9. The quantitative estimate of drug-likeness (QED) is 0.518. The maximum atomic E-state index is 3.44. The molecule has 2 heteroatoms. The van der Waals surface area contributed by atoms with Crippen molar-refractivity contribution in [3.63, 3.8) is 0 Å². The average molecular weight is 172 g/mol. The van der Waals surface area contributed by atoms with Gasteiger partial charge in [-0.3, -0.25) is 0 Å². The molecule has 2 N–H and O–H groups in total. The minimum absolute atomic E-state index is 1.10. The Morgan fingerprint density at radius 3 is 1.92 bits per heavy atom. The Bertz CT molecular complexity index is 64.2. The molecule has 0 bridgehead atoms. The maximum absolute atomic E-state index is 3.44.